The lowest BCUT2D eigenvalue weighted by atomic mass is 9.97. The molecule has 0 bridgehead atoms. The molecule has 9 heteroatoms. The number of para-hydroxylation sites is 1. The third-order valence-electron chi connectivity index (χ3n) is 3.25. The minimum Gasteiger partial charge on any atom is -0.463 e. The number of carbonyl (C=O) groups excluding carboxylic acids is 3. The average Bonchev–Trinajstić information content (AvgIpc) is 2.55. The summed E-state index contributed by atoms with van der Waals surface area (Å²) in [6.07, 6.45) is -4.39. The van der Waals surface area contributed by atoms with Crippen molar-refractivity contribution >= 4 is 12.1 Å². The molecule has 1 aliphatic heterocycles. The molecule has 0 aliphatic carbocycles. The molecule has 0 unspecified atom stereocenters. The van der Waals surface area contributed by atoms with E-state index in [0.717, 1.165) is 0 Å². The van der Waals surface area contributed by atoms with Gasteiger partial charge in [0.1, 0.15) is 30.1 Å². The standard InChI is InChI=1S/C14H19NO6.CO2/c1-8(17)15-11-13(19)12(18)10(7-16)21-14(11)20-9-5-3-2-4-6-9;2-1-3/h2-6,10-14,16,18-19H,7H2,1H3,(H,15,17);/t10-,11-,12+,13-,14-;/m1./s1. The van der Waals surface area contributed by atoms with Crippen LogP contribution in [0.15, 0.2) is 30.3 Å². The number of hydrogen-bond acceptors (Lipinski definition) is 8. The predicted octanol–water partition coefficient (Wildman–Crippen LogP) is -1.57. The van der Waals surface area contributed by atoms with Crippen molar-refractivity contribution in [1.29, 1.82) is 0 Å². The van der Waals surface area contributed by atoms with Gasteiger partial charge >= 0.3 is 6.15 Å². The lowest BCUT2D eigenvalue weighted by molar-refractivity contribution is -0.244. The summed E-state index contributed by atoms with van der Waals surface area (Å²) in [4.78, 5) is 27.5. The first-order valence-corrected chi connectivity index (χ1v) is 7.05. The maximum atomic E-state index is 11.2. The molecule has 5 atom stereocenters. The summed E-state index contributed by atoms with van der Waals surface area (Å²) in [6.45, 7) is 0.816. The van der Waals surface area contributed by atoms with Crippen molar-refractivity contribution < 1.29 is 39.2 Å². The first-order valence-electron chi connectivity index (χ1n) is 7.05. The second-order valence-corrected chi connectivity index (χ2v) is 4.95. The van der Waals surface area contributed by atoms with Crippen LogP contribution >= 0.6 is 0 Å². The molecule has 1 aromatic carbocycles. The molecule has 1 aliphatic rings. The minimum atomic E-state index is -1.32. The number of aliphatic hydroxyl groups excluding tert-OH is 3. The lowest BCUT2D eigenvalue weighted by Crippen LogP contribution is -2.65. The summed E-state index contributed by atoms with van der Waals surface area (Å²) < 4.78 is 11.0. The average molecular weight is 341 g/mol. The Labute approximate surface area is 137 Å². The maximum Gasteiger partial charge on any atom is 0.373 e. The summed E-state index contributed by atoms with van der Waals surface area (Å²) >= 11 is 0. The zero-order valence-corrected chi connectivity index (χ0v) is 12.9. The van der Waals surface area contributed by atoms with Crippen molar-refractivity contribution in [3.05, 3.63) is 30.3 Å². The summed E-state index contributed by atoms with van der Waals surface area (Å²) in [6, 6.07) is 7.79. The SMILES string of the molecule is CC(=O)N[C@H]1[C@H](Oc2ccccc2)O[C@H](CO)[C@H](O)[C@@H]1O.O=C=O. The van der Waals surface area contributed by atoms with Crippen LogP contribution < -0.4 is 10.1 Å². The number of ether oxygens (including phenoxy) is 2. The van der Waals surface area contributed by atoms with Crippen molar-refractivity contribution in [1.82, 2.24) is 5.32 Å². The molecule has 0 spiro atoms. The Morgan fingerprint density at radius 2 is 1.83 bits per heavy atom. The highest BCUT2D eigenvalue weighted by molar-refractivity contribution is 5.73. The number of benzene rings is 1. The fourth-order valence-electron chi connectivity index (χ4n) is 2.20. The topological polar surface area (TPSA) is 142 Å². The van der Waals surface area contributed by atoms with Crippen molar-refractivity contribution in [3.8, 4) is 5.75 Å². The van der Waals surface area contributed by atoms with Crippen LogP contribution in [0.2, 0.25) is 0 Å². The van der Waals surface area contributed by atoms with Gasteiger partial charge in [-0.25, -0.2) is 0 Å². The Hall–Kier alpha value is -2.29. The van der Waals surface area contributed by atoms with Gasteiger partial charge in [-0.1, -0.05) is 18.2 Å². The van der Waals surface area contributed by atoms with Gasteiger partial charge < -0.3 is 30.1 Å². The third kappa shape index (κ3) is 5.41. The van der Waals surface area contributed by atoms with E-state index in [-0.39, 0.29) is 12.1 Å². The molecule has 0 aromatic heterocycles. The third-order valence-corrected chi connectivity index (χ3v) is 3.25. The summed E-state index contributed by atoms with van der Waals surface area (Å²) in [7, 11) is 0. The molecular weight excluding hydrogens is 322 g/mol. The number of amides is 1. The molecule has 24 heavy (non-hydrogen) atoms. The van der Waals surface area contributed by atoms with Crippen LogP contribution in [0, 0.1) is 0 Å². The van der Waals surface area contributed by atoms with Crippen molar-refractivity contribution in [2.75, 3.05) is 6.61 Å². The van der Waals surface area contributed by atoms with Gasteiger partial charge in [-0.05, 0) is 12.1 Å². The van der Waals surface area contributed by atoms with E-state index in [0.29, 0.717) is 5.75 Å². The van der Waals surface area contributed by atoms with E-state index in [9.17, 15) is 20.1 Å². The molecule has 132 valence electrons. The fourth-order valence-corrected chi connectivity index (χ4v) is 2.20. The highest BCUT2D eigenvalue weighted by atomic mass is 16.7. The molecule has 0 radical (unpaired) electrons. The summed E-state index contributed by atoms with van der Waals surface area (Å²) in [5.41, 5.74) is 0. The number of rotatable bonds is 4. The Morgan fingerprint density at radius 3 is 2.33 bits per heavy atom. The van der Waals surface area contributed by atoms with Crippen LogP contribution in [0.5, 0.6) is 5.75 Å². The number of hydrogen-bond donors (Lipinski definition) is 4. The highest BCUT2D eigenvalue weighted by Crippen LogP contribution is 2.24. The second-order valence-electron chi connectivity index (χ2n) is 4.95. The van der Waals surface area contributed by atoms with Crippen LogP contribution in [0.4, 0.5) is 0 Å². The largest absolute Gasteiger partial charge is 0.463 e. The Bertz CT molecular complexity index is 546. The van der Waals surface area contributed by atoms with E-state index in [1.54, 1.807) is 24.3 Å². The molecule has 1 amide bonds. The monoisotopic (exact) mass is 341 g/mol. The van der Waals surface area contributed by atoms with Gasteiger partial charge in [0.25, 0.3) is 0 Å². The van der Waals surface area contributed by atoms with E-state index in [4.69, 9.17) is 19.1 Å². The van der Waals surface area contributed by atoms with E-state index in [1.807, 2.05) is 6.07 Å². The smallest absolute Gasteiger partial charge is 0.373 e. The van der Waals surface area contributed by atoms with E-state index in [1.165, 1.54) is 6.92 Å². The Kier molecular flexibility index (Phi) is 8.03. The van der Waals surface area contributed by atoms with Gasteiger partial charge in [-0.2, -0.15) is 9.59 Å². The number of aliphatic hydroxyl groups is 3. The molecule has 4 N–H and O–H groups in total. The molecule has 1 fully saturated rings. The van der Waals surface area contributed by atoms with Crippen LogP contribution in [0.3, 0.4) is 0 Å². The van der Waals surface area contributed by atoms with Gasteiger partial charge in [-0.3, -0.25) is 4.79 Å². The first kappa shape index (κ1) is 19.8. The second kappa shape index (κ2) is 9.76. The van der Waals surface area contributed by atoms with Crippen molar-refractivity contribution in [2.24, 2.45) is 0 Å². The van der Waals surface area contributed by atoms with Gasteiger partial charge in [-0.15, -0.1) is 0 Å². The Morgan fingerprint density at radius 1 is 1.25 bits per heavy atom. The van der Waals surface area contributed by atoms with Crippen molar-refractivity contribution in [3.63, 3.8) is 0 Å². The molecule has 9 nitrogen and oxygen atoms in total. The molecule has 0 saturated carbocycles. The van der Waals surface area contributed by atoms with Crippen LogP contribution in [-0.2, 0) is 19.1 Å². The van der Waals surface area contributed by atoms with E-state index in [2.05, 4.69) is 5.32 Å². The maximum absolute atomic E-state index is 11.2. The quantitative estimate of drug-likeness (QED) is 0.514. The van der Waals surface area contributed by atoms with Gasteiger partial charge in [0.05, 0.1) is 6.61 Å². The van der Waals surface area contributed by atoms with Crippen LogP contribution in [-0.4, -0.2) is 64.6 Å². The lowest BCUT2D eigenvalue weighted by Gasteiger charge is -2.42. The van der Waals surface area contributed by atoms with E-state index < -0.39 is 37.3 Å². The van der Waals surface area contributed by atoms with Crippen LogP contribution in [0.1, 0.15) is 6.92 Å². The van der Waals surface area contributed by atoms with Gasteiger partial charge in [0.15, 0.2) is 0 Å². The zero-order valence-electron chi connectivity index (χ0n) is 12.9. The molecule has 2 rings (SSSR count). The van der Waals surface area contributed by atoms with Gasteiger partial charge in [0.2, 0.25) is 12.2 Å². The van der Waals surface area contributed by atoms with Crippen molar-refractivity contribution in [2.45, 2.75) is 37.6 Å². The zero-order chi connectivity index (χ0) is 18.1. The fraction of sp³-hybridized carbons (Fsp3) is 0.467. The molecule has 1 aromatic rings. The number of nitrogens with one attached hydrogen (secondary N) is 1. The molecule has 1 heterocycles. The minimum absolute atomic E-state index is 0.250. The Balaban J connectivity index is 0.000000891. The molecular formula is C15H19NO8. The van der Waals surface area contributed by atoms with Crippen LogP contribution in [0.25, 0.3) is 0 Å². The highest BCUT2D eigenvalue weighted by Gasteiger charge is 2.45. The normalized spacial score (nSPS) is 28.8. The van der Waals surface area contributed by atoms with Gasteiger partial charge in [0, 0.05) is 6.92 Å². The molecule has 1 saturated heterocycles. The summed E-state index contributed by atoms with van der Waals surface area (Å²) in [5.74, 6) is 0.0945. The number of carbonyl (C=O) groups is 1. The predicted molar refractivity (Wildman–Crippen MR) is 77.4 cm³/mol. The van der Waals surface area contributed by atoms with E-state index >= 15 is 0 Å². The first-order chi connectivity index (χ1) is 11.4. The summed E-state index contributed by atoms with van der Waals surface area (Å²) in [5, 5.41) is 31.7.